The van der Waals surface area contributed by atoms with E-state index in [0.29, 0.717) is 23.2 Å². The van der Waals surface area contributed by atoms with Gasteiger partial charge in [0.25, 0.3) is 0 Å². The van der Waals surface area contributed by atoms with E-state index in [4.69, 9.17) is 16.1 Å². The monoisotopic (exact) mass is 377 g/mol. The maximum Gasteiger partial charge on any atom is 0.343 e. The number of carbonyl (C=O) groups is 1. The molecule has 0 saturated heterocycles. The molecule has 6 nitrogen and oxygen atoms in total. The molecule has 2 aromatic rings. The van der Waals surface area contributed by atoms with Gasteiger partial charge in [0.2, 0.25) is 0 Å². The van der Waals surface area contributed by atoms with Gasteiger partial charge < -0.3 is 19.8 Å². The number of rotatable bonds is 8. The van der Waals surface area contributed by atoms with Crippen molar-refractivity contribution in [2.24, 2.45) is 0 Å². The van der Waals surface area contributed by atoms with Crippen molar-refractivity contribution >= 4 is 23.4 Å². The van der Waals surface area contributed by atoms with E-state index in [0.717, 1.165) is 13.0 Å². The first kappa shape index (κ1) is 18.7. The van der Waals surface area contributed by atoms with Crippen LogP contribution in [0.3, 0.4) is 0 Å². The summed E-state index contributed by atoms with van der Waals surface area (Å²) in [4.78, 5) is 14.1. The van der Waals surface area contributed by atoms with E-state index >= 15 is 0 Å². The lowest BCUT2D eigenvalue weighted by molar-refractivity contribution is 0.0698. The summed E-state index contributed by atoms with van der Waals surface area (Å²) in [5.41, 5.74) is 0.685. The number of aromatic nitrogens is 1. The zero-order valence-electron chi connectivity index (χ0n) is 14.9. The highest BCUT2D eigenvalue weighted by Crippen LogP contribution is 2.30. The standard InChI is InChI=1S/C19H24ClN3O3/c1-23(15-5-2-3-6-15)12-4-11-21-18-16(19(24)25)17(26-22-18)13-7-9-14(20)10-8-13/h7-10,15H,2-6,11-12H2,1H3,(H,21,22)(H,24,25). The van der Waals surface area contributed by atoms with Crippen molar-refractivity contribution in [3.8, 4) is 11.3 Å². The number of hydrogen-bond acceptors (Lipinski definition) is 5. The summed E-state index contributed by atoms with van der Waals surface area (Å²) < 4.78 is 5.30. The van der Waals surface area contributed by atoms with Gasteiger partial charge in [-0.05, 0) is 57.1 Å². The molecule has 140 valence electrons. The fourth-order valence-electron chi connectivity index (χ4n) is 3.47. The second-order valence-corrected chi connectivity index (χ2v) is 7.18. The Kier molecular flexibility index (Phi) is 6.16. The van der Waals surface area contributed by atoms with Gasteiger partial charge in [-0.2, -0.15) is 0 Å². The summed E-state index contributed by atoms with van der Waals surface area (Å²) in [5.74, 6) is -0.563. The van der Waals surface area contributed by atoms with Crippen LogP contribution in [0, 0.1) is 0 Å². The van der Waals surface area contributed by atoms with E-state index < -0.39 is 5.97 Å². The van der Waals surface area contributed by atoms with E-state index in [1.807, 2.05) is 0 Å². The highest BCUT2D eigenvalue weighted by molar-refractivity contribution is 6.30. The Labute approximate surface area is 158 Å². The number of halogens is 1. The minimum absolute atomic E-state index is 0.0523. The molecule has 7 heteroatoms. The molecular weight excluding hydrogens is 354 g/mol. The first-order valence-corrected chi connectivity index (χ1v) is 9.37. The van der Waals surface area contributed by atoms with Crippen LogP contribution in [0.4, 0.5) is 5.82 Å². The van der Waals surface area contributed by atoms with Gasteiger partial charge in [-0.1, -0.05) is 29.6 Å². The largest absolute Gasteiger partial charge is 0.477 e. The molecular formula is C19H24ClN3O3. The molecule has 2 N–H and O–H groups in total. The first-order valence-electron chi connectivity index (χ1n) is 8.99. The quantitative estimate of drug-likeness (QED) is 0.665. The molecule has 1 fully saturated rings. The van der Waals surface area contributed by atoms with Crippen LogP contribution in [0.5, 0.6) is 0 Å². The molecule has 1 aliphatic rings. The van der Waals surface area contributed by atoms with Crippen LogP contribution >= 0.6 is 11.6 Å². The minimum atomic E-state index is -1.07. The van der Waals surface area contributed by atoms with E-state index in [2.05, 4.69) is 22.4 Å². The van der Waals surface area contributed by atoms with Crippen molar-refractivity contribution in [3.63, 3.8) is 0 Å². The van der Waals surface area contributed by atoms with Gasteiger partial charge in [-0.15, -0.1) is 0 Å². The lowest BCUT2D eigenvalue weighted by Crippen LogP contribution is -2.31. The molecule has 1 aromatic heterocycles. The summed E-state index contributed by atoms with van der Waals surface area (Å²) in [6.45, 7) is 1.62. The lowest BCUT2D eigenvalue weighted by Gasteiger charge is -2.23. The number of carboxylic acid groups (broad SMARTS) is 1. The van der Waals surface area contributed by atoms with E-state index in [9.17, 15) is 9.90 Å². The molecule has 3 rings (SSSR count). The molecule has 0 amide bonds. The average molecular weight is 378 g/mol. The zero-order chi connectivity index (χ0) is 18.5. The third-order valence-corrected chi connectivity index (χ3v) is 5.19. The predicted octanol–water partition coefficient (Wildman–Crippen LogP) is 4.37. The Morgan fingerprint density at radius 3 is 2.69 bits per heavy atom. The van der Waals surface area contributed by atoms with Crippen LogP contribution in [0.25, 0.3) is 11.3 Å². The van der Waals surface area contributed by atoms with Crippen molar-refractivity contribution in [2.75, 3.05) is 25.5 Å². The van der Waals surface area contributed by atoms with Gasteiger partial charge in [-0.25, -0.2) is 4.79 Å². The van der Waals surface area contributed by atoms with Crippen LogP contribution in [-0.2, 0) is 0 Å². The van der Waals surface area contributed by atoms with Gasteiger partial charge in [0.05, 0.1) is 0 Å². The molecule has 0 spiro atoms. The Bertz CT molecular complexity index is 739. The molecule has 0 aliphatic heterocycles. The first-order chi connectivity index (χ1) is 12.6. The Morgan fingerprint density at radius 1 is 1.35 bits per heavy atom. The number of aromatic carboxylic acids is 1. The van der Waals surface area contributed by atoms with Crippen molar-refractivity contribution in [1.82, 2.24) is 10.1 Å². The van der Waals surface area contributed by atoms with Gasteiger partial charge >= 0.3 is 5.97 Å². The summed E-state index contributed by atoms with van der Waals surface area (Å²) in [6.07, 6.45) is 6.11. The minimum Gasteiger partial charge on any atom is -0.477 e. The molecule has 0 unspecified atom stereocenters. The molecule has 26 heavy (non-hydrogen) atoms. The van der Waals surface area contributed by atoms with Gasteiger partial charge in [0.1, 0.15) is 0 Å². The Morgan fingerprint density at radius 2 is 2.04 bits per heavy atom. The maximum atomic E-state index is 11.7. The molecule has 1 aromatic carbocycles. The van der Waals surface area contributed by atoms with E-state index in [1.54, 1.807) is 24.3 Å². The van der Waals surface area contributed by atoms with Crippen molar-refractivity contribution in [1.29, 1.82) is 0 Å². The zero-order valence-corrected chi connectivity index (χ0v) is 15.6. The van der Waals surface area contributed by atoms with Crippen molar-refractivity contribution in [3.05, 3.63) is 34.9 Å². The summed E-state index contributed by atoms with van der Waals surface area (Å²) in [6, 6.07) is 7.51. The number of nitrogens with zero attached hydrogens (tertiary/aromatic N) is 2. The van der Waals surface area contributed by atoms with E-state index in [-0.39, 0.29) is 17.1 Å². The van der Waals surface area contributed by atoms with Crippen LogP contribution < -0.4 is 5.32 Å². The number of nitrogens with one attached hydrogen (secondary N) is 1. The SMILES string of the molecule is CN(CCCNc1noc(-c2ccc(Cl)cc2)c1C(=O)O)C1CCCC1. The molecule has 1 aliphatic carbocycles. The second kappa shape index (κ2) is 8.56. The number of hydrogen-bond donors (Lipinski definition) is 2. The number of benzene rings is 1. The molecule has 0 atom stereocenters. The van der Waals surface area contributed by atoms with Gasteiger partial charge in [0.15, 0.2) is 17.1 Å². The molecule has 0 radical (unpaired) electrons. The third-order valence-electron chi connectivity index (χ3n) is 4.94. The highest BCUT2D eigenvalue weighted by Gasteiger charge is 2.24. The van der Waals surface area contributed by atoms with Gasteiger partial charge in [-0.3, -0.25) is 0 Å². The predicted molar refractivity (Wildman–Crippen MR) is 102 cm³/mol. The molecule has 1 heterocycles. The van der Waals surface area contributed by atoms with Crippen LogP contribution in [0.2, 0.25) is 5.02 Å². The average Bonchev–Trinajstić information content (AvgIpc) is 3.29. The maximum absolute atomic E-state index is 11.7. The van der Waals surface area contributed by atoms with Crippen LogP contribution in [0.15, 0.2) is 28.8 Å². The van der Waals surface area contributed by atoms with Crippen molar-refractivity contribution in [2.45, 2.75) is 38.1 Å². The fraction of sp³-hybridized carbons (Fsp3) is 0.474. The molecule has 0 bridgehead atoms. The lowest BCUT2D eigenvalue weighted by atomic mass is 10.1. The highest BCUT2D eigenvalue weighted by atomic mass is 35.5. The summed E-state index contributed by atoms with van der Waals surface area (Å²) in [5, 5.41) is 17.2. The Balaban J connectivity index is 1.61. The number of anilines is 1. The fourth-order valence-corrected chi connectivity index (χ4v) is 3.60. The Hall–Kier alpha value is -2.05. The molecule has 1 saturated carbocycles. The topological polar surface area (TPSA) is 78.6 Å². The van der Waals surface area contributed by atoms with Gasteiger partial charge in [0, 0.05) is 23.2 Å². The summed E-state index contributed by atoms with van der Waals surface area (Å²) in [7, 11) is 2.16. The third kappa shape index (κ3) is 4.37. The number of carboxylic acids is 1. The van der Waals surface area contributed by atoms with E-state index in [1.165, 1.54) is 25.7 Å². The van der Waals surface area contributed by atoms with Crippen LogP contribution in [-0.4, -0.2) is 47.3 Å². The normalized spacial score (nSPS) is 14.9. The summed E-state index contributed by atoms with van der Waals surface area (Å²) >= 11 is 5.88. The van der Waals surface area contributed by atoms with Crippen molar-refractivity contribution < 1.29 is 14.4 Å². The van der Waals surface area contributed by atoms with Crippen LogP contribution in [0.1, 0.15) is 42.5 Å². The smallest absolute Gasteiger partial charge is 0.343 e. The second-order valence-electron chi connectivity index (χ2n) is 6.75.